The van der Waals surface area contributed by atoms with Crippen molar-refractivity contribution in [3.63, 3.8) is 0 Å². The van der Waals surface area contributed by atoms with Crippen LogP contribution in [0.3, 0.4) is 0 Å². The predicted molar refractivity (Wildman–Crippen MR) is 70.1 cm³/mol. The maximum Gasteiger partial charge on any atom is 0.210 e. The van der Waals surface area contributed by atoms with E-state index in [1.54, 1.807) is 23.9 Å². The molecule has 0 fully saturated rings. The van der Waals surface area contributed by atoms with Gasteiger partial charge in [0.25, 0.3) is 0 Å². The normalized spacial score (nSPS) is 10.9. The number of nitrogens with one attached hydrogen (secondary N) is 1. The molecule has 3 rings (SSSR count). The van der Waals surface area contributed by atoms with Crippen LogP contribution in [-0.4, -0.2) is 19.6 Å². The summed E-state index contributed by atoms with van der Waals surface area (Å²) in [6.07, 6.45) is 3.37. The summed E-state index contributed by atoms with van der Waals surface area (Å²) in [6.45, 7) is 0.750. The number of hydrogen-bond donors (Lipinski definition) is 1. The summed E-state index contributed by atoms with van der Waals surface area (Å²) in [5, 5.41) is 13.2. The van der Waals surface area contributed by atoms with E-state index in [0.29, 0.717) is 0 Å². The fourth-order valence-corrected chi connectivity index (χ4v) is 2.52. The number of halogens is 1. The first-order valence-electron chi connectivity index (χ1n) is 4.95. The molecule has 0 atom stereocenters. The van der Waals surface area contributed by atoms with Gasteiger partial charge in [-0.2, -0.15) is 0 Å². The third-order valence-corrected chi connectivity index (χ3v) is 3.73. The van der Waals surface area contributed by atoms with E-state index in [-0.39, 0.29) is 0 Å². The smallest absolute Gasteiger partial charge is 0.210 e. The van der Waals surface area contributed by atoms with Crippen molar-refractivity contribution in [1.82, 2.24) is 19.6 Å². The number of aromatic nitrogens is 4. The van der Waals surface area contributed by atoms with Gasteiger partial charge in [-0.15, -0.1) is 21.5 Å². The molecule has 0 spiro atoms. The van der Waals surface area contributed by atoms with Crippen LogP contribution in [0.5, 0.6) is 0 Å². The van der Waals surface area contributed by atoms with Crippen LogP contribution in [0.2, 0.25) is 0 Å². The summed E-state index contributed by atoms with van der Waals surface area (Å²) >= 11 is 5.10. The van der Waals surface area contributed by atoms with Crippen molar-refractivity contribution in [2.75, 3.05) is 5.32 Å². The molecule has 0 aliphatic rings. The fraction of sp³-hybridized carbons (Fsp3) is 0.100. The number of thiophene rings is 1. The van der Waals surface area contributed by atoms with E-state index in [0.717, 1.165) is 22.6 Å². The van der Waals surface area contributed by atoms with Crippen LogP contribution < -0.4 is 5.32 Å². The number of fused-ring (bicyclic) bond motifs is 1. The molecule has 86 valence electrons. The van der Waals surface area contributed by atoms with Crippen LogP contribution in [0.1, 0.15) is 4.88 Å². The first-order chi connectivity index (χ1) is 8.34. The average Bonchev–Trinajstić information content (AvgIpc) is 2.99. The standard InChI is InChI=1S/C10H8BrN5S/c11-8-5-13-10(16-6-14-15-9(8)16)12-4-7-2-1-3-17-7/h1-3,5-6H,4H2,(H,12,13). The van der Waals surface area contributed by atoms with Crippen molar-refractivity contribution in [2.45, 2.75) is 6.54 Å². The van der Waals surface area contributed by atoms with E-state index in [1.165, 1.54) is 4.88 Å². The molecule has 0 unspecified atom stereocenters. The van der Waals surface area contributed by atoms with E-state index in [2.05, 4.69) is 47.9 Å². The highest BCUT2D eigenvalue weighted by Gasteiger charge is 2.06. The summed E-state index contributed by atoms with van der Waals surface area (Å²) in [6, 6.07) is 4.12. The summed E-state index contributed by atoms with van der Waals surface area (Å²) in [7, 11) is 0. The zero-order valence-corrected chi connectivity index (χ0v) is 11.1. The minimum absolute atomic E-state index is 0.738. The molecule has 5 nitrogen and oxygen atoms in total. The lowest BCUT2D eigenvalue weighted by atomic mass is 10.5. The average molecular weight is 310 g/mol. The Kier molecular flexibility index (Phi) is 2.77. The molecular formula is C10H8BrN5S. The fourth-order valence-electron chi connectivity index (χ4n) is 1.50. The quantitative estimate of drug-likeness (QED) is 0.808. The molecule has 0 bridgehead atoms. The van der Waals surface area contributed by atoms with Gasteiger partial charge in [0.15, 0.2) is 5.65 Å². The molecule has 17 heavy (non-hydrogen) atoms. The summed E-state index contributed by atoms with van der Waals surface area (Å²) in [5.41, 5.74) is 0.758. The van der Waals surface area contributed by atoms with Gasteiger partial charge in [0.2, 0.25) is 5.95 Å². The van der Waals surface area contributed by atoms with Gasteiger partial charge in [-0.3, -0.25) is 4.40 Å². The first-order valence-corrected chi connectivity index (χ1v) is 6.62. The molecular weight excluding hydrogens is 302 g/mol. The second kappa shape index (κ2) is 4.42. The van der Waals surface area contributed by atoms with Crippen molar-refractivity contribution in [1.29, 1.82) is 0 Å². The maximum absolute atomic E-state index is 4.31. The Morgan fingerprint density at radius 3 is 3.24 bits per heavy atom. The van der Waals surface area contributed by atoms with Crippen LogP contribution >= 0.6 is 27.3 Å². The Bertz CT molecular complexity index is 633. The monoisotopic (exact) mass is 309 g/mol. The SMILES string of the molecule is Brc1cnc(NCc2cccs2)n2cnnc12. The van der Waals surface area contributed by atoms with E-state index in [4.69, 9.17) is 0 Å². The zero-order chi connectivity index (χ0) is 11.7. The minimum Gasteiger partial charge on any atom is -0.350 e. The van der Waals surface area contributed by atoms with Gasteiger partial charge in [0, 0.05) is 11.1 Å². The number of anilines is 1. The molecule has 0 saturated heterocycles. The number of hydrogen-bond acceptors (Lipinski definition) is 5. The summed E-state index contributed by atoms with van der Waals surface area (Å²) in [5.74, 6) is 0.738. The summed E-state index contributed by atoms with van der Waals surface area (Å²) < 4.78 is 2.65. The van der Waals surface area contributed by atoms with Crippen LogP contribution in [-0.2, 0) is 6.54 Å². The third kappa shape index (κ3) is 2.03. The van der Waals surface area contributed by atoms with Crippen molar-refractivity contribution >= 4 is 38.9 Å². The molecule has 0 amide bonds. The predicted octanol–water partition coefficient (Wildman–Crippen LogP) is 2.56. The van der Waals surface area contributed by atoms with Gasteiger partial charge in [-0.25, -0.2) is 4.98 Å². The van der Waals surface area contributed by atoms with Gasteiger partial charge in [-0.1, -0.05) is 6.07 Å². The lowest BCUT2D eigenvalue weighted by Gasteiger charge is -2.06. The Morgan fingerprint density at radius 2 is 2.41 bits per heavy atom. The first kappa shape index (κ1) is 10.7. The maximum atomic E-state index is 4.31. The van der Waals surface area contributed by atoms with E-state index in [9.17, 15) is 0 Å². The second-order valence-corrected chi connectivity index (χ2v) is 5.27. The Morgan fingerprint density at radius 1 is 1.47 bits per heavy atom. The second-order valence-electron chi connectivity index (χ2n) is 3.39. The molecule has 3 heterocycles. The lowest BCUT2D eigenvalue weighted by molar-refractivity contribution is 1.02. The molecule has 0 aliphatic carbocycles. The van der Waals surface area contributed by atoms with Gasteiger partial charge >= 0.3 is 0 Å². The van der Waals surface area contributed by atoms with E-state index in [1.807, 2.05) is 10.5 Å². The minimum atomic E-state index is 0.738. The molecule has 0 aliphatic heterocycles. The molecule has 3 aromatic rings. The Balaban J connectivity index is 1.90. The zero-order valence-electron chi connectivity index (χ0n) is 8.67. The van der Waals surface area contributed by atoms with Gasteiger partial charge in [-0.05, 0) is 27.4 Å². The topological polar surface area (TPSA) is 55.1 Å². The largest absolute Gasteiger partial charge is 0.350 e. The van der Waals surface area contributed by atoms with Crippen LogP contribution in [0.25, 0.3) is 5.65 Å². The Labute approximate surface area is 110 Å². The van der Waals surface area contributed by atoms with Crippen molar-refractivity contribution < 1.29 is 0 Å². The highest BCUT2D eigenvalue weighted by molar-refractivity contribution is 9.10. The molecule has 3 aromatic heterocycles. The van der Waals surface area contributed by atoms with Crippen LogP contribution in [0.15, 0.2) is 34.5 Å². The van der Waals surface area contributed by atoms with Crippen molar-refractivity contribution in [3.8, 4) is 0 Å². The molecule has 0 aromatic carbocycles. The van der Waals surface area contributed by atoms with Crippen molar-refractivity contribution in [2.24, 2.45) is 0 Å². The van der Waals surface area contributed by atoms with Gasteiger partial charge in [0.05, 0.1) is 11.0 Å². The van der Waals surface area contributed by atoms with Crippen LogP contribution in [0, 0.1) is 0 Å². The van der Waals surface area contributed by atoms with Crippen LogP contribution in [0.4, 0.5) is 5.95 Å². The third-order valence-electron chi connectivity index (χ3n) is 2.29. The molecule has 7 heteroatoms. The van der Waals surface area contributed by atoms with Gasteiger partial charge < -0.3 is 5.32 Å². The van der Waals surface area contributed by atoms with Crippen molar-refractivity contribution in [3.05, 3.63) is 39.4 Å². The Hall–Kier alpha value is -1.47. The lowest BCUT2D eigenvalue weighted by Crippen LogP contribution is -2.05. The molecule has 0 radical (unpaired) electrons. The molecule has 1 N–H and O–H groups in total. The molecule has 0 saturated carbocycles. The summed E-state index contributed by atoms with van der Waals surface area (Å²) in [4.78, 5) is 5.57. The van der Waals surface area contributed by atoms with E-state index >= 15 is 0 Å². The highest BCUT2D eigenvalue weighted by atomic mass is 79.9. The van der Waals surface area contributed by atoms with Gasteiger partial charge in [0.1, 0.15) is 6.33 Å². The highest BCUT2D eigenvalue weighted by Crippen LogP contribution is 2.18. The van der Waals surface area contributed by atoms with E-state index < -0.39 is 0 Å². The number of nitrogens with zero attached hydrogens (tertiary/aromatic N) is 4. The number of rotatable bonds is 3.